The summed E-state index contributed by atoms with van der Waals surface area (Å²) in [6, 6.07) is -0.236. The topological polar surface area (TPSA) is 72.9 Å². The summed E-state index contributed by atoms with van der Waals surface area (Å²) in [6.45, 7) is 0.436. The van der Waals surface area contributed by atoms with E-state index in [9.17, 15) is 9.59 Å². The molecule has 0 radical (unpaired) electrons. The average Bonchev–Trinajstić information content (AvgIpc) is 2.01. The lowest BCUT2D eigenvalue weighted by Gasteiger charge is -2.20. The van der Waals surface area contributed by atoms with Gasteiger partial charge in [0.2, 0.25) is 0 Å². The number of rotatable bonds is 5. The van der Waals surface area contributed by atoms with Crippen molar-refractivity contribution in [3.8, 4) is 0 Å². The number of hydrogen-bond donors (Lipinski definition) is 2. The van der Waals surface area contributed by atoms with Crippen LogP contribution in [0, 0.1) is 0 Å². The summed E-state index contributed by atoms with van der Waals surface area (Å²) in [4.78, 5) is 22.9. The third-order valence-corrected chi connectivity index (χ3v) is 1.55. The highest BCUT2D eigenvalue weighted by Crippen LogP contribution is 1.93. The lowest BCUT2D eigenvalue weighted by Crippen LogP contribution is -2.44. The number of nitrogens with one attached hydrogen (secondary N) is 1. The summed E-state index contributed by atoms with van der Waals surface area (Å²) >= 11 is 0. The Balaban J connectivity index is 3.67. The Morgan fingerprint density at radius 3 is 2.29 bits per heavy atom. The van der Waals surface area contributed by atoms with Gasteiger partial charge in [-0.15, -0.1) is 0 Å². The molecule has 0 aromatic heterocycles. The number of hydrazine groups is 1. The third-order valence-electron chi connectivity index (χ3n) is 1.55. The molecule has 14 heavy (non-hydrogen) atoms. The Hall–Kier alpha value is -1.30. The molecule has 0 bridgehead atoms. The molecule has 2 N–H and O–H groups in total. The van der Waals surface area contributed by atoms with Gasteiger partial charge in [0.25, 0.3) is 0 Å². The fraction of sp³-hybridized carbons (Fsp3) is 0.750. The van der Waals surface area contributed by atoms with Crippen LogP contribution in [0.4, 0.5) is 4.79 Å². The van der Waals surface area contributed by atoms with Crippen molar-refractivity contribution in [3.63, 3.8) is 0 Å². The Morgan fingerprint density at radius 2 is 1.86 bits per heavy atom. The van der Waals surface area contributed by atoms with Crippen LogP contribution in [0.5, 0.6) is 0 Å². The summed E-state index contributed by atoms with van der Waals surface area (Å²) in [5.74, 6) is -0.841. The van der Waals surface area contributed by atoms with E-state index in [0.717, 1.165) is 0 Å². The lowest BCUT2D eigenvalue weighted by atomic mass is 10.3. The number of aliphatic carboxylic acids is 1. The molecule has 0 rings (SSSR count). The summed E-state index contributed by atoms with van der Waals surface area (Å²) in [6.07, 6.45) is 0.548. The Labute approximate surface area is 83.5 Å². The van der Waals surface area contributed by atoms with Crippen molar-refractivity contribution in [2.75, 3.05) is 27.7 Å². The van der Waals surface area contributed by atoms with Gasteiger partial charge in [-0.2, -0.15) is 0 Å². The van der Waals surface area contributed by atoms with Gasteiger partial charge >= 0.3 is 12.0 Å². The first kappa shape index (κ1) is 12.7. The average molecular weight is 203 g/mol. The highest BCUT2D eigenvalue weighted by atomic mass is 16.4. The van der Waals surface area contributed by atoms with Gasteiger partial charge in [-0.1, -0.05) is 0 Å². The molecule has 0 aliphatic carbocycles. The molecule has 0 atom stereocenters. The molecule has 0 aromatic carbocycles. The van der Waals surface area contributed by atoms with E-state index in [2.05, 4.69) is 5.43 Å². The van der Waals surface area contributed by atoms with Crippen molar-refractivity contribution in [1.82, 2.24) is 15.3 Å². The minimum Gasteiger partial charge on any atom is -0.481 e. The third kappa shape index (κ3) is 6.24. The molecule has 0 aromatic rings. The van der Waals surface area contributed by atoms with E-state index in [0.29, 0.717) is 13.0 Å². The van der Waals surface area contributed by atoms with E-state index in [1.165, 1.54) is 9.91 Å². The van der Waals surface area contributed by atoms with Crippen molar-refractivity contribution < 1.29 is 14.7 Å². The second-order valence-corrected chi connectivity index (χ2v) is 3.23. The molecule has 0 heterocycles. The smallest absolute Gasteiger partial charge is 0.331 e. The molecule has 0 aliphatic heterocycles. The molecule has 0 unspecified atom stereocenters. The van der Waals surface area contributed by atoms with Crippen LogP contribution in [0.25, 0.3) is 0 Å². The van der Waals surface area contributed by atoms with Crippen LogP contribution >= 0.6 is 0 Å². The maximum absolute atomic E-state index is 11.3. The van der Waals surface area contributed by atoms with Crippen molar-refractivity contribution in [1.29, 1.82) is 0 Å². The number of carbonyl (C=O) groups is 2. The fourth-order valence-electron chi connectivity index (χ4n) is 0.846. The van der Waals surface area contributed by atoms with Gasteiger partial charge in [-0.3, -0.25) is 10.2 Å². The zero-order valence-electron chi connectivity index (χ0n) is 8.78. The first-order valence-electron chi connectivity index (χ1n) is 4.34. The van der Waals surface area contributed by atoms with Crippen LogP contribution < -0.4 is 5.43 Å². The van der Waals surface area contributed by atoms with Gasteiger partial charge in [0.05, 0.1) is 0 Å². The van der Waals surface area contributed by atoms with Crippen LogP contribution in [0.1, 0.15) is 12.8 Å². The van der Waals surface area contributed by atoms with Crippen molar-refractivity contribution in [2.24, 2.45) is 0 Å². The van der Waals surface area contributed by atoms with Crippen LogP contribution in [0.2, 0.25) is 0 Å². The van der Waals surface area contributed by atoms with E-state index < -0.39 is 5.97 Å². The van der Waals surface area contributed by atoms with E-state index in [-0.39, 0.29) is 12.5 Å². The molecule has 0 spiro atoms. The molecule has 82 valence electrons. The summed E-state index contributed by atoms with van der Waals surface area (Å²) < 4.78 is 0. The normalized spacial score (nSPS) is 10.0. The summed E-state index contributed by atoms with van der Waals surface area (Å²) in [5, 5.41) is 9.92. The number of nitrogens with zero attached hydrogens (tertiary/aromatic N) is 2. The molecule has 0 fully saturated rings. The monoisotopic (exact) mass is 203 g/mol. The van der Waals surface area contributed by atoms with Gasteiger partial charge < -0.3 is 10.0 Å². The Kier molecular flexibility index (Phi) is 5.62. The number of hydrogen-bond acceptors (Lipinski definition) is 3. The highest BCUT2D eigenvalue weighted by Gasteiger charge is 2.08. The number of urea groups is 1. The van der Waals surface area contributed by atoms with Crippen molar-refractivity contribution in [2.45, 2.75) is 12.8 Å². The van der Waals surface area contributed by atoms with Crippen LogP contribution in [0.3, 0.4) is 0 Å². The molecule has 2 amide bonds. The zero-order chi connectivity index (χ0) is 11.1. The van der Waals surface area contributed by atoms with Crippen molar-refractivity contribution >= 4 is 12.0 Å². The van der Waals surface area contributed by atoms with E-state index in [1.807, 2.05) is 0 Å². The molecule has 0 aliphatic rings. The number of carbonyl (C=O) groups excluding carboxylic acids is 1. The van der Waals surface area contributed by atoms with E-state index >= 15 is 0 Å². The second-order valence-electron chi connectivity index (χ2n) is 3.23. The van der Waals surface area contributed by atoms with Crippen LogP contribution in [-0.4, -0.2) is 54.7 Å². The van der Waals surface area contributed by atoms with E-state index in [1.54, 1.807) is 21.1 Å². The Bertz CT molecular complexity index is 206. The highest BCUT2D eigenvalue weighted by molar-refractivity contribution is 5.73. The van der Waals surface area contributed by atoms with Crippen molar-refractivity contribution in [3.05, 3.63) is 0 Å². The molecule has 0 saturated carbocycles. The molecular weight excluding hydrogens is 186 g/mol. The number of amides is 2. The van der Waals surface area contributed by atoms with Gasteiger partial charge in [-0.05, 0) is 6.42 Å². The van der Waals surface area contributed by atoms with Crippen LogP contribution in [0.15, 0.2) is 0 Å². The maximum Gasteiger partial charge on any atom is 0.331 e. The van der Waals surface area contributed by atoms with Crippen LogP contribution in [-0.2, 0) is 4.79 Å². The van der Waals surface area contributed by atoms with Gasteiger partial charge in [0, 0.05) is 34.1 Å². The first-order valence-corrected chi connectivity index (χ1v) is 4.34. The van der Waals surface area contributed by atoms with Gasteiger partial charge in [0.1, 0.15) is 0 Å². The fourth-order valence-corrected chi connectivity index (χ4v) is 0.846. The first-order chi connectivity index (χ1) is 6.43. The molecule has 0 saturated heterocycles. The standard InChI is InChI=1S/C8H17N3O3/c1-10(2)9-8(14)11(3)6-4-5-7(12)13/h4-6H2,1-3H3,(H,9,14)(H,12,13). The number of carboxylic acid groups (broad SMARTS) is 1. The SMILES string of the molecule is CN(C)NC(=O)N(C)CCCC(=O)O. The molecular formula is C8H17N3O3. The number of carboxylic acids is 1. The zero-order valence-corrected chi connectivity index (χ0v) is 8.78. The largest absolute Gasteiger partial charge is 0.481 e. The molecule has 6 heteroatoms. The molecule has 6 nitrogen and oxygen atoms in total. The predicted octanol–water partition coefficient (Wildman–Crippen LogP) is -0.0308. The second kappa shape index (κ2) is 6.20. The van der Waals surface area contributed by atoms with E-state index in [4.69, 9.17) is 5.11 Å². The Morgan fingerprint density at radius 1 is 1.29 bits per heavy atom. The summed E-state index contributed by atoms with van der Waals surface area (Å²) in [7, 11) is 5.05. The quantitative estimate of drug-likeness (QED) is 0.615. The lowest BCUT2D eigenvalue weighted by molar-refractivity contribution is -0.137. The van der Waals surface area contributed by atoms with Gasteiger partial charge in [0.15, 0.2) is 0 Å². The minimum absolute atomic E-state index is 0.0829. The maximum atomic E-state index is 11.3. The minimum atomic E-state index is -0.841. The summed E-state index contributed by atoms with van der Waals surface area (Å²) in [5.41, 5.74) is 2.55. The predicted molar refractivity (Wildman–Crippen MR) is 51.7 cm³/mol. The van der Waals surface area contributed by atoms with Gasteiger partial charge in [-0.25, -0.2) is 9.80 Å².